The van der Waals surface area contributed by atoms with E-state index in [0.29, 0.717) is 31.6 Å². The summed E-state index contributed by atoms with van der Waals surface area (Å²) < 4.78 is 73.2. The Morgan fingerprint density at radius 2 is 1.73 bits per heavy atom. The van der Waals surface area contributed by atoms with E-state index < -0.39 is 22.1 Å². The van der Waals surface area contributed by atoms with Crippen molar-refractivity contribution in [3.8, 4) is 0 Å². The first-order chi connectivity index (χ1) is 17.6. The zero-order chi connectivity index (χ0) is 25.9. The molecule has 0 radical (unpaired) electrons. The Labute approximate surface area is 215 Å². The first-order valence-corrected chi connectivity index (χ1v) is 15.2. The molecular formula is C25H35F3N4O4S. The van der Waals surface area contributed by atoms with Crippen LogP contribution in [0.2, 0.25) is 0 Å². The van der Waals surface area contributed by atoms with Gasteiger partial charge in [0.15, 0.2) is 5.69 Å². The number of sulfonamides is 1. The number of amides is 1. The molecule has 1 amide bonds. The summed E-state index contributed by atoms with van der Waals surface area (Å²) in [6.07, 6.45) is 3.65. The van der Waals surface area contributed by atoms with Crippen molar-refractivity contribution in [3.63, 3.8) is 0 Å². The Bertz CT molecular complexity index is 1100. The van der Waals surface area contributed by atoms with Gasteiger partial charge in [-0.2, -0.15) is 4.31 Å². The molecule has 1 N–H and O–H groups in total. The number of nitrogens with one attached hydrogen (secondary N) is 1. The normalized spacial score (nSPS) is 34.8. The van der Waals surface area contributed by atoms with Crippen LogP contribution in [-0.4, -0.2) is 84.3 Å². The molecule has 37 heavy (non-hydrogen) atoms. The smallest absolute Gasteiger partial charge is 0.273 e. The molecule has 1 aromatic rings. The Morgan fingerprint density at radius 1 is 1.08 bits per heavy atom. The molecule has 5 fully saturated rings. The van der Waals surface area contributed by atoms with E-state index in [0.717, 1.165) is 38.8 Å². The van der Waals surface area contributed by atoms with Crippen LogP contribution in [-0.2, 0) is 10.0 Å². The highest BCUT2D eigenvalue weighted by atomic mass is 32.2. The number of hydrogen-bond acceptors (Lipinski definition) is 6. The summed E-state index contributed by atoms with van der Waals surface area (Å²) in [7, 11) is -3.44. The lowest BCUT2D eigenvalue weighted by atomic mass is 9.80. The van der Waals surface area contributed by atoms with Crippen molar-refractivity contribution in [2.45, 2.75) is 93.9 Å². The lowest BCUT2D eigenvalue weighted by molar-refractivity contribution is -0.117. The average molecular weight is 545 g/mol. The number of piperidine rings is 2. The van der Waals surface area contributed by atoms with Gasteiger partial charge in [-0.3, -0.25) is 4.79 Å². The van der Waals surface area contributed by atoms with E-state index in [9.17, 15) is 26.4 Å². The van der Waals surface area contributed by atoms with Gasteiger partial charge in [0, 0.05) is 43.6 Å². The fourth-order valence-electron chi connectivity index (χ4n) is 6.99. The second-order valence-electron chi connectivity index (χ2n) is 12.0. The van der Waals surface area contributed by atoms with Crippen molar-refractivity contribution in [3.05, 3.63) is 17.5 Å². The van der Waals surface area contributed by atoms with E-state index in [4.69, 9.17) is 4.52 Å². The van der Waals surface area contributed by atoms with Crippen molar-refractivity contribution >= 4 is 15.9 Å². The van der Waals surface area contributed by atoms with Crippen molar-refractivity contribution in [2.24, 2.45) is 11.8 Å². The van der Waals surface area contributed by atoms with Gasteiger partial charge in [0.1, 0.15) is 11.9 Å². The summed E-state index contributed by atoms with van der Waals surface area (Å²) in [5, 5.41) is 6.77. The van der Waals surface area contributed by atoms with Crippen molar-refractivity contribution in [1.29, 1.82) is 0 Å². The molecule has 206 valence electrons. The van der Waals surface area contributed by atoms with E-state index in [-0.39, 0.29) is 66.1 Å². The second kappa shape index (κ2) is 9.51. The monoisotopic (exact) mass is 544 g/mol. The lowest BCUT2D eigenvalue weighted by Gasteiger charge is -2.41. The van der Waals surface area contributed by atoms with Crippen molar-refractivity contribution in [1.82, 2.24) is 19.7 Å². The molecule has 2 aliphatic carbocycles. The zero-order valence-electron chi connectivity index (χ0n) is 20.8. The first-order valence-electron chi connectivity index (χ1n) is 13.6. The van der Waals surface area contributed by atoms with Crippen molar-refractivity contribution in [2.75, 3.05) is 25.4 Å². The van der Waals surface area contributed by atoms with E-state index in [1.807, 2.05) is 0 Å². The number of alkyl halides is 3. The summed E-state index contributed by atoms with van der Waals surface area (Å²) in [4.78, 5) is 14.9. The molecule has 5 atom stereocenters. The number of nitrogens with zero attached hydrogens (tertiary/aromatic N) is 3. The minimum absolute atomic E-state index is 0.0276. The highest BCUT2D eigenvalue weighted by Crippen LogP contribution is 2.44. The van der Waals surface area contributed by atoms with E-state index >= 15 is 0 Å². The summed E-state index contributed by atoms with van der Waals surface area (Å²) >= 11 is 0. The molecular weight excluding hydrogens is 509 g/mol. The van der Waals surface area contributed by atoms with Crippen LogP contribution in [0.25, 0.3) is 0 Å². The maximum Gasteiger partial charge on any atom is 0.273 e. The van der Waals surface area contributed by atoms with Crippen LogP contribution >= 0.6 is 0 Å². The van der Waals surface area contributed by atoms with Gasteiger partial charge in [0.25, 0.3) is 5.91 Å². The predicted molar refractivity (Wildman–Crippen MR) is 129 cm³/mol. The number of carbonyl (C=O) groups excluding carboxylic acids is 1. The highest BCUT2D eigenvalue weighted by Gasteiger charge is 2.48. The third kappa shape index (κ3) is 5.43. The second-order valence-corrected chi connectivity index (χ2v) is 13.9. The maximum absolute atomic E-state index is 13.4. The van der Waals surface area contributed by atoms with Gasteiger partial charge < -0.3 is 14.7 Å². The number of aromatic nitrogens is 1. The molecule has 12 heteroatoms. The van der Waals surface area contributed by atoms with E-state index in [2.05, 4.69) is 15.4 Å². The summed E-state index contributed by atoms with van der Waals surface area (Å²) in [5.41, 5.74) is 0.133. The van der Waals surface area contributed by atoms with Crippen molar-refractivity contribution < 1.29 is 30.9 Å². The number of fused-ring (bicyclic) bond motifs is 2. The van der Waals surface area contributed by atoms with Crippen LogP contribution in [0.15, 0.2) is 10.6 Å². The van der Waals surface area contributed by atoms with Gasteiger partial charge in [-0.1, -0.05) is 5.16 Å². The molecule has 1 aromatic heterocycles. The number of hydrogen-bond donors (Lipinski definition) is 1. The van der Waals surface area contributed by atoms with E-state index in [1.54, 1.807) is 4.31 Å². The Morgan fingerprint density at radius 3 is 2.32 bits per heavy atom. The van der Waals surface area contributed by atoms with Gasteiger partial charge in [0.05, 0.1) is 11.7 Å². The fraction of sp³-hybridized carbons (Fsp3) is 0.840. The van der Waals surface area contributed by atoms with Crippen LogP contribution < -0.4 is 5.32 Å². The topological polar surface area (TPSA) is 95.8 Å². The molecule has 0 spiro atoms. The third-order valence-electron chi connectivity index (χ3n) is 9.01. The average Bonchev–Trinajstić information content (AvgIpc) is 3.22. The fourth-order valence-corrected chi connectivity index (χ4v) is 9.39. The first kappa shape index (κ1) is 25.6. The van der Waals surface area contributed by atoms with Crippen LogP contribution in [0.3, 0.4) is 0 Å². The Balaban J connectivity index is 0.986. The molecule has 3 aliphatic heterocycles. The minimum Gasteiger partial charge on any atom is -0.360 e. The molecule has 0 aromatic carbocycles. The van der Waals surface area contributed by atoms with Gasteiger partial charge in [-0.05, 0) is 69.9 Å². The standard InChI is InChI=1S/C25H35F3N4O4S/c26-21-9-20(21)23-10-22(30-36-23)24(33)29-17-7-18-1-2-19(8-17)32(18)37(34,35)14-15-3-5-31(6-4-15)13-16-11-25(27,28)12-16/h10,15-21H,1-9,11-14H2,(H,29,33)/t17?,18-,19+,20-,21-/m0/s1. The predicted octanol–water partition coefficient (Wildman–Crippen LogP) is 3.31. The van der Waals surface area contributed by atoms with Gasteiger partial charge >= 0.3 is 0 Å². The summed E-state index contributed by atoms with van der Waals surface area (Å²) in [6.45, 7) is 2.21. The largest absolute Gasteiger partial charge is 0.360 e. The zero-order valence-corrected chi connectivity index (χ0v) is 21.6. The third-order valence-corrected chi connectivity index (χ3v) is 11.1. The minimum atomic E-state index is -3.44. The number of likely N-dealkylation sites (tertiary alicyclic amines) is 1. The quantitative estimate of drug-likeness (QED) is 0.540. The van der Waals surface area contributed by atoms with Gasteiger partial charge in [-0.15, -0.1) is 0 Å². The molecule has 6 rings (SSSR count). The molecule has 1 unspecified atom stereocenters. The molecule has 2 bridgehead atoms. The maximum atomic E-state index is 13.4. The summed E-state index contributed by atoms with van der Waals surface area (Å²) in [5.74, 6) is -2.51. The number of halogens is 3. The highest BCUT2D eigenvalue weighted by molar-refractivity contribution is 7.89. The van der Waals surface area contributed by atoms with Gasteiger partial charge in [0.2, 0.25) is 15.9 Å². The van der Waals surface area contributed by atoms with Crippen LogP contribution in [0.1, 0.15) is 80.0 Å². The SMILES string of the molecule is O=C(NC1C[C@H]2CC[C@@H](C1)N2S(=O)(=O)CC1CCN(CC2CC(F)(F)C2)CC1)c1cc([C@H]2C[C@@H]2F)on1. The van der Waals surface area contributed by atoms with Gasteiger partial charge in [-0.25, -0.2) is 21.6 Å². The van der Waals surface area contributed by atoms with E-state index in [1.165, 1.54) is 6.07 Å². The lowest BCUT2D eigenvalue weighted by Crippen LogP contribution is -2.53. The summed E-state index contributed by atoms with van der Waals surface area (Å²) in [6, 6.07) is 1.11. The molecule has 8 nitrogen and oxygen atoms in total. The molecule has 5 aliphatic rings. The molecule has 3 saturated heterocycles. The Kier molecular flexibility index (Phi) is 6.59. The van der Waals surface area contributed by atoms with Crippen LogP contribution in [0, 0.1) is 11.8 Å². The Hall–Kier alpha value is -1.66. The number of rotatable bonds is 8. The van der Waals surface area contributed by atoms with Crippen LogP contribution in [0.5, 0.6) is 0 Å². The molecule has 2 saturated carbocycles. The van der Waals surface area contributed by atoms with Crippen LogP contribution in [0.4, 0.5) is 13.2 Å². The molecule has 4 heterocycles. The number of carbonyl (C=O) groups is 1.